The van der Waals surface area contributed by atoms with Crippen molar-refractivity contribution in [2.75, 3.05) is 6.54 Å². The maximum absolute atomic E-state index is 13.8. The van der Waals surface area contributed by atoms with E-state index in [4.69, 9.17) is 0 Å². The maximum Gasteiger partial charge on any atom is 0.292 e. The Balaban J connectivity index is 1.76. The minimum Gasteiger partial charge on any atom is -0.329 e. The highest BCUT2D eigenvalue weighted by Crippen LogP contribution is 2.31. The molecule has 0 spiro atoms. The number of amides is 1. The molecule has 7 heteroatoms. The quantitative estimate of drug-likeness (QED) is 0.694. The van der Waals surface area contributed by atoms with Crippen LogP contribution in [0.4, 0.5) is 4.39 Å². The van der Waals surface area contributed by atoms with Crippen molar-refractivity contribution < 1.29 is 9.18 Å². The Morgan fingerprint density at radius 1 is 1.15 bits per heavy atom. The summed E-state index contributed by atoms with van der Waals surface area (Å²) in [6.45, 7) is 4.42. The standard InChI is InChI=1S/C20H22FN5O/c1-13-11-14(2)26-18(23-24-20(26)22-13)19(27)25-10-5-3-4-9-17(25)15-7-6-8-16(21)12-15/h6-8,11-12,17H,3-5,9-10H2,1-2H3. The number of benzene rings is 1. The van der Waals surface area contributed by atoms with Gasteiger partial charge in [-0.1, -0.05) is 25.0 Å². The first-order valence-electron chi connectivity index (χ1n) is 9.30. The monoisotopic (exact) mass is 367 g/mol. The smallest absolute Gasteiger partial charge is 0.292 e. The predicted octanol–water partition coefficient (Wildman–Crippen LogP) is 3.64. The fourth-order valence-electron chi connectivity index (χ4n) is 3.91. The van der Waals surface area contributed by atoms with E-state index in [1.807, 2.05) is 30.9 Å². The number of nitrogens with zero attached hydrogens (tertiary/aromatic N) is 5. The fourth-order valence-corrected chi connectivity index (χ4v) is 3.91. The number of rotatable bonds is 2. The molecule has 27 heavy (non-hydrogen) atoms. The molecule has 0 aliphatic carbocycles. The zero-order valence-electron chi connectivity index (χ0n) is 15.5. The first-order chi connectivity index (χ1) is 13.0. The van der Waals surface area contributed by atoms with E-state index in [0.717, 1.165) is 42.6 Å². The third-order valence-electron chi connectivity index (χ3n) is 5.13. The number of carbonyl (C=O) groups is 1. The molecular formula is C20H22FN5O. The van der Waals surface area contributed by atoms with Gasteiger partial charge in [0, 0.05) is 17.9 Å². The Labute approximate surface area is 157 Å². The highest BCUT2D eigenvalue weighted by atomic mass is 19.1. The van der Waals surface area contributed by atoms with E-state index in [1.165, 1.54) is 12.1 Å². The minimum atomic E-state index is -0.285. The topological polar surface area (TPSA) is 63.4 Å². The normalized spacial score (nSPS) is 17.9. The van der Waals surface area contributed by atoms with E-state index < -0.39 is 0 Å². The zero-order chi connectivity index (χ0) is 19.0. The lowest BCUT2D eigenvalue weighted by molar-refractivity contribution is 0.0666. The van der Waals surface area contributed by atoms with Crippen LogP contribution in [0.3, 0.4) is 0 Å². The Morgan fingerprint density at radius 3 is 2.81 bits per heavy atom. The van der Waals surface area contributed by atoms with E-state index in [2.05, 4.69) is 15.2 Å². The molecule has 1 aliphatic heterocycles. The van der Waals surface area contributed by atoms with Crippen LogP contribution in [0.15, 0.2) is 30.3 Å². The number of aromatic nitrogens is 4. The molecule has 1 atom stereocenters. The second-order valence-electron chi connectivity index (χ2n) is 7.12. The van der Waals surface area contributed by atoms with Crippen molar-refractivity contribution in [3.05, 3.63) is 58.9 Å². The third kappa shape index (κ3) is 3.29. The van der Waals surface area contributed by atoms with Gasteiger partial charge in [-0.2, -0.15) is 0 Å². The van der Waals surface area contributed by atoms with Gasteiger partial charge in [0.2, 0.25) is 5.82 Å². The van der Waals surface area contributed by atoms with Gasteiger partial charge >= 0.3 is 0 Å². The lowest BCUT2D eigenvalue weighted by Crippen LogP contribution is -2.36. The van der Waals surface area contributed by atoms with Crippen molar-refractivity contribution >= 4 is 11.7 Å². The summed E-state index contributed by atoms with van der Waals surface area (Å²) in [5, 5.41) is 8.22. The molecule has 0 saturated carbocycles. The first-order valence-corrected chi connectivity index (χ1v) is 9.30. The highest BCUT2D eigenvalue weighted by molar-refractivity contribution is 5.91. The number of hydrogen-bond acceptors (Lipinski definition) is 4. The van der Waals surface area contributed by atoms with Crippen LogP contribution in [-0.2, 0) is 0 Å². The maximum atomic E-state index is 13.8. The number of likely N-dealkylation sites (tertiary alicyclic amines) is 1. The lowest BCUT2D eigenvalue weighted by Gasteiger charge is -2.30. The number of aryl methyl sites for hydroxylation is 2. The van der Waals surface area contributed by atoms with Gasteiger partial charge in [0.05, 0.1) is 6.04 Å². The summed E-state index contributed by atoms with van der Waals surface area (Å²) in [5.74, 6) is 0.214. The van der Waals surface area contributed by atoms with Crippen LogP contribution >= 0.6 is 0 Å². The van der Waals surface area contributed by atoms with Gasteiger partial charge in [-0.15, -0.1) is 10.2 Å². The van der Waals surface area contributed by atoms with Gasteiger partial charge in [-0.05, 0) is 50.5 Å². The summed E-state index contributed by atoms with van der Waals surface area (Å²) in [4.78, 5) is 19.6. The molecule has 2 aromatic heterocycles. The van der Waals surface area contributed by atoms with E-state index in [1.54, 1.807) is 10.5 Å². The third-order valence-corrected chi connectivity index (χ3v) is 5.13. The lowest BCUT2D eigenvalue weighted by atomic mass is 10.0. The van der Waals surface area contributed by atoms with Crippen molar-refractivity contribution in [2.24, 2.45) is 0 Å². The van der Waals surface area contributed by atoms with E-state index in [0.29, 0.717) is 12.3 Å². The minimum absolute atomic E-state index is 0.165. The van der Waals surface area contributed by atoms with Gasteiger partial charge in [-0.3, -0.25) is 9.20 Å². The van der Waals surface area contributed by atoms with Crippen molar-refractivity contribution in [2.45, 2.75) is 45.6 Å². The fraction of sp³-hybridized carbons (Fsp3) is 0.400. The Morgan fingerprint density at radius 2 is 2.00 bits per heavy atom. The van der Waals surface area contributed by atoms with Crippen LogP contribution in [0, 0.1) is 19.7 Å². The second-order valence-corrected chi connectivity index (χ2v) is 7.12. The largest absolute Gasteiger partial charge is 0.329 e. The molecular weight excluding hydrogens is 345 g/mol. The van der Waals surface area contributed by atoms with Crippen LogP contribution in [0.2, 0.25) is 0 Å². The van der Waals surface area contributed by atoms with E-state index in [-0.39, 0.29) is 23.6 Å². The van der Waals surface area contributed by atoms with Crippen LogP contribution in [-0.4, -0.2) is 36.9 Å². The van der Waals surface area contributed by atoms with Crippen molar-refractivity contribution in [3.63, 3.8) is 0 Å². The summed E-state index contributed by atoms with van der Waals surface area (Å²) in [6.07, 6.45) is 3.79. The molecule has 3 heterocycles. The SMILES string of the molecule is Cc1cc(C)n2c(C(=O)N3CCCCCC3c3cccc(F)c3)nnc2n1. The summed E-state index contributed by atoms with van der Waals surface area (Å²) >= 11 is 0. The molecule has 0 N–H and O–H groups in total. The molecule has 0 radical (unpaired) electrons. The summed E-state index contributed by atoms with van der Waals surface area (Å²) < 4.78 is 15.5. The molecule has 1 saturated heterocycles. The van der Waals surface area contributed by atoms with E-state index in [9.17, 15) is 9.18 Å². The van der Waals surface area contributed by atoms with E-state index >= 15 is 0 Å². The van der Waals surface area contributed by atoms with Gasteiger partial charge in [-0.25, -0.2) is 9.37 Å². The average molecular weight is 367 g/mol. The molecule has 0 bridgehead atoms. The van der Waals surface area contributed by atoms with Gasteiger partial charge < -0.3 is 4.90 Å². The summed E-state index contributed by atoms with van der Waals surface area (Å²) in [7, 11) is 0. The highest BCUT2D eigenvalue weighted by Gasteiger charge is 2.31. The Hall–Kier alpha value is -2.83. The number of carbonyl (C=O) groups excluding carboxylic acids is 1. The molecule has 1 amide bonds. The number of hydrogen-bond donors (Lipinski definition) is 0. The Bertz CT molecular complexity index is 999. The molecule has 6 nitrogen and oxygen atoms in total. The first kappa shape index (κ1) is 17.6. The van der Waals surface area contributed by atoms with Crippen LogP contribution in [0.25, 0.3) is 5.78 Å². The molecule has 1 unspecified atom stereocenters. The van der Waals surface area contributed by atoms with Crippen LogP contribution in [0.5, 0.6) is 0 Å². The Kier molecular flexibility index (Phi) is 4.59. The molecule has 1 fully saturated rings. The van der Waals surface area contributed by atoms with Crippen LogP contribution < -0.4 is 0 Å². The van der Waals surface area contributed by atoms with Gasteiger partial charge in [0.25, 0.3) is 11.7 Å². The molecule has 3 aromatic rings. The average Bonchev–Trinajstić information content (AvgIpc) is 2.90. The zero-order valence-corrected chi connectivity index (χ0v) is 15.5. The van der Waals surface area contributed by atoms with Crippen molar-refractivity contribution in [3.8, 4) is 0 Å². The predicted molar refractivity (Wildman–Crippen MR) is 98.9 cm³/mol. The molecule has 1 aliphatic rings. The number of fused-ring (bicyclic) bond motifs is 1. The number of halogens is 1. The molecule has 4 rings (SSSR count). The second kappa shape index (κ2) is 7.06. The van der Waals surface area contributed by atoms with Gasteiger partial charge in [0.1, 0.15) is 5.82 Å². The van der Waals surface area contributed by atoms with Crippen LogP contribution in [0.1, 0.15) is 59.3 Å². The molecule has 1 aromatic carbocycles. The summed E-state index contributed by atoms with van der Waals surface area (Å²) in [5.41, 5.74) is 2.52. The van der Waals surface area contributed by atoms with Crippen molar-refractivity contribution in [1.29, 1.82) is 0 Å². The molecule has 140 valence electrons. The van der Waals surface area contributed by atoms with Gasteiger partial charge in [0.15, 0.2) is 0 Å². The van der Waals surface area contributed by atoms with Crippen molar-refractivity contribution in [1.82, 2.24) is 24.5 Å². The summed E-state index contributed by atoms with van der Waals surface area (Å²) in [6, 6.07) is 8.27.